The maximum absolute atomic E-state index is 12.0. The van der Waals surface area contributed by atoms with E-state index < -0.39 is 17.9 Å². The zero-order chi connectivity index (χ0) is 15.5. The largest absolute Gasteiger partial charge is 0.480 e. The number of amides is 1. The summed E-state index contributed by atoms with van der Waals surface area (Å²) in [6.45, 7) is 0. The van der Waals surface area contributed by atoms with E-state index in [4.69, 9.17) is 0 Å². The van der Waals surface area contributed by atoms with E-state index in [1.165, 1.54) is 16.8 Å². The second-order valence-electron chi connectivity index (χ2n) is 4.80. The summed E-state index contributed by atoms with van der Waals surface area (Å²) >= 11 is 1.29. The van der Waals surface area contributed by atoms with Crippen molar-refractivity contribution in [3.63, 3.8) is 0 Å². The molecule has 0 saturated heterocycles. The lowest BCUT2D eigenvalue weighted by molar-refractivity contribution is -0.139. The highest BCUT2D eigenvalue weighted by Crippen LogP contribution is 2.19. The lowest BCUT2D eigenvalue weighted by atomic mass is 10.0. The Morgan fingerprint density at radius 2 is 2.18 bits per heavy atom. The Kier molecular flexibility index (Phi) is 3.88. The number of carbonyl (C=O) groups excluding carboxylic acids is 1. The van der Waals surface area contributed by atoms with Crippen molar-refractivity contribution in [2.75, 3.05) is 0 Å². The van der Waals surface area contributed by atoms with E-state index >= 15 is 0 Å². The number of benzene rings is 1. The molecule has 0 fully saturated rings. The number of carboxylic acid groups (broad SMARTS) is 1. The summed E-state index contributed by atoms with van der Waals surface area (Å²) in [6.07, 6.45) is 1.98. The zero-order valence-electron chi connectivity index (χ0n) is 11.4. The van der Waals surface area contributed by atoms with E-state index in [1.807, 2.05) is 24.3 Å². The standard InChI is InChI=1S/C15H13N3O3S/c19-14(13-7-22-8-17-13)18-12(15(20)21)5-9-6-16-11-4-2-1-3-10(9)11/h1-4,6-8,12,16H,5H2,(H,18,19)(H,20,21). The third kappa shape index (κ3) is 2.84. The molecule has 1 unspecified atom stereocenters. The van der Waals surface area contributed by atoms with Gasteiger partial charge in [0, 0.05) is 28.9 Å². The third-order valence-electron chi connectivity index (χ3n) is 3.37. The third-order valence-corrected chi connectivity index (χ3v) is 3.95. The second kappa shape index (κ2) is 5.98. The van der Waals surface area contributed by atoms with Crippen LogP contribution < -0.4 is 5.32 Å². The van der Waals surface area contributed by atoms with Crippen molar-refractivity contribution in [2.24, 2.45) is 0 Å². The predicted octanol–water partition coefficient (Wildman–Crippen LogP) is 2.05. The quantitative estimate of drug-likeness (QED) is 0.671. The Hall–Kier alpha value is -2.67. The molecule has 0 bridgehead atoms. The monoisotopic (exact) mass is 315 g/mol. The number of nitrogens with one attached hydrogen (secondary N) is 2. The topological polar surface area (TPSA) is 95.1 Å². The minimum Gasteiger partial charge on any atom is -0.480 e. The number of hydrogen-bond acceptors (Lipinski definition) is 4. The van der Waals surface area contributed by atoms with Crippen molar-refractivity contribution in [2.45, 2.75) is 12.5 Å². The molecule has 22 heavy (non-hydrogen) atoms. The molecule has 3 aromatic rings. The summed E-state index contributed by atoms with van der Waals surface area (Å²) in [5.41, 5.74) is 3.55. The van der Waals surface area contributed by atoms with Crippen LogP contribution in [-0.4, -0.2) is 33.0 Å². The Morgan fingerprint density at radius 3 is 2.91 bits per heavy atom. The number of thiazole rings is 1. The number of aromatic nitrogens is 2. The number of para-hydroxylation sites is 1. The smallest absolute Gasteiger partial charge is 0.326 e. The van der Waals surface area contributed by atoms with Crippen LogP contribution in [0.25, 0.3) is 10.9 Å². The molecular weight excluding hydrogens is 302 g/mol. The molecule has 0 saturated carbocycles. The van der Waals surface area contributed by atoms with Crippen LogP contribution in [0, 0.1) is 0 Å². The fourth-order valence-corrected chi connectivity index (χ4v) is 2.81. The second-order valence-corrected chi connectivity index (χ2v) is 5.52. The van der Waals surface area contributed by atoms with Gasteiger partial charge in [0.05, 0.1) is 5.51 Å². The van der Waals surface area contributed by atoms with Gasteiger partial charge >= 0.3 is 5.97 Å². The molecule has 1 atom stereocenters. The SMILES string of the molecule is O=C(NC(Cc1c[nH]c2ccccc12)C(=O)O)c1cscn1. The molecule has 6 nitrogen and oxygen atoms in total. The van der Waals surface area contributed by atoms with Gasteiger partial charge in [0.1, 0.15) is 11.7 Å². The van der Waals surface area contributed by atoms with E-state index in [0.717, 1.165) is 16.5 Å². The number of fused-ring (bicyclic) bond motifs is 1. The van der Waals surface area contributed by atoms with E-state index in [-0.39, 0.29) is 12.1 Å². The fourth-order valence-electron chi connectivity index (χ4n) is 2.28. The molecule has 0 aliphatic rings. The van der Waals surface area contributed by atoms with Crippen molar-refractivity contribution in [1.29, 1.82) is 0 Å². The van der Waals surface area contributed by atoms with Gasteiger partial charge in [-0.05, 0) is 11.6 Å². The van der Waals surface area contributed by atoms with Crippen LogP contribution >= 0.6 is 11.3 Å². The number of aliphatic carboxylic acids is 1. The highest BCUT2D eigenvalue weighted by Gasteiger charge is 2.23. The minimum atomic E-state index is -1.08. The average Bonchev–Trinajstić information content (AvgIpc) is 3.16. The maximum Gasteiger partial charge on any atom is 0.326 e. The van der Waals surface area contributed by atoms with E-state index in [0.29, 0.717) is 0 Å². The average molecular weight is 315 g/mol. The first-order valence-corrected chi connectivity index (χ1v) is 7.56. The molecule has 0 radical (unpaired) electrons. The number of hydrogen-bond donors (Lipinski definition) is 3. The molecule has 0 aliphatic heterocycles. The number of aromatic amines is 1. The van der Waals surface area contributed by atoms with Gasteiger partial charge in [-0.2, -0.15) is 0 Å². The minimum absolute atomic E-state index is 0.204. The molecule has 3 rings (SSSR count). The van der Waals surface area contributed by atoms with Gasteiger partial charge in [-0.25, -0.2) is 9.78 Å². The summed E-state index contributed by atoms with van der Waals surface area (Å²) in [5.74, 6) is -1.55. The van der Waals surface area contributed by atoms with E-state index in [2.05, 4.69) is 15.3 Å². The Morgan fingerprint density at radius 1 is 1.36 bits per heavy atom. The number of rotatable bonds is 5. The van der Waals surface area contributed by atoms with Gasteiger partial charge in [-0.3, -0.25) is 4.79 Å². The molecule has 1 amide bonds. The van der Waals surface area contributed by atoms with Crippen molar-refractivity contribution in [3.05, 3.63) is 52.6 Å². The number of carboxylic acids is 1. The summed E-state index contributed by atoms with van der Waals surface area (Å²) in [6, 6.07) is 6.63. The van der Waals surface area contributed by atoms with E-state index in [1.54, 1.807) is 11.6 Å². The van der Waals surface area contributed by atoms with E-state index in [9.17, 15) is 14.7 Å². The molecule has 1 aromatic carbocycles. The number of nitrogens with zero attached hydrogens (tertiary/aromatic N) is 1. The van der Waals surface area contributed by atoms with Crippen LogP contribution in [-0.2, 0) is 11.2 Å². The summed E-state index contributed by atoms with van der Waals surface area (Å²) in [7, 11) is 0. The molecule has 7 heteroatoms. The van der Waals surface area contributed by atoms with Gasteiger partial charge in [0.15, 0.2) is 0 Å². The van der Waals surface area contributed by atoms with Crippen molar-refractivity contribution < 1.29 is 14.7 Å². The summed E-state index contributed by atoms with van der Waals surface area (Å²) in [5, 5.41) is 14.4. The number of H-pyrrole nitrogens is 1. The molecule has 0 aliphatic carbocycles. The molecule has 112 valence electrons. The first-order chi connectivity index (χ1) is 10.6. The van der Waals surface area contributed by atoms with Gasteiger partial charge in [0.2, 0.25) is 0 Å². The van der Waals surface area contributed by atoms with Gasteiger partial charge in [-0.1, -0.05) is 18.2 Å². The Bertz CT molecular complexity index is 810. The normalized spacial score (nSPS) is 12.2. The highest BCUT2D eigenvalue weighted by atomic mass is 32.1. The maximum atomic E-state index is 12.0. The van der Waals surface area contributed by atoms with Crippen LogP contribution in [0.15, 0.2) is 41.4 Å². The van der Waals surface area contributed by atoms with Crippen molar-refractivity contribution >= 4 is 34.1 Å². The van der Waals surface area contributed by atoms with Crippen molar-refractivity contribution in [1.82, 2.24) is 15.3 Å². The van der Waals surface area contributed by atoms with Gasteiger partial charge < -0.3 is 15.4 Å². The first kappa shape index (κ1) is 14.3. The molecule has 3 N–H and O–H groups in total. The van der Waals surface area contributed by atoms with Crippen LogP contribution in [0.4, 0.5) is 0 Å². The zero-order valence-corrected chi connectivity index (χ0v) is 12.3. The van der Waals surface area contributed by atoms with Crippen molar-refractivity contribution in [3.8, 4) is 0 Å². The van der Waals surface area contributed by atoms with Crippen LogP contribution in [0.2, 0.25) is 0 Å². The Balaban J connectivity index is 1.80. The van der Waals surface area contributed by atoms with Crippen LogP contribution in [0.1, 0.15) is 16.1 Å². The van der Waals surface area contributed by atoms with Crippen LogP contribution in [0.5, 0.6) is 0 Å². The summed E-state index contributed by atoms with van der Waals surface area (Å²) < 4.78 is 0. The van der Waals surface area contributed by atoms with Gasteiger partial charge in [0.25, 0.3) is 5.91 Å². The van der Waals surface area contributed by atoms with Gasteiger partial charge in [-0.15, -0.1) is 11.3 Å². The first-order valence-electron chi connectivity index (χ1n) is 6.62. The molecule has 2 heterocycles. The lowest BCUT2D eigenvalue weighted by Crippen LogP contribution is -2.42. The lowest BCUT2D eigenvalue weighted by Gasteiger charge is -2.13. The molecular formula is C15H13N3O3S. The van der Waals surface area contributed by atoms with Crippen LogP contribution in [0.3, 0.4) is 0 Å². The Labute approximate surface area is 129 Å². The summed E-state index contributed by atoms with van der Waals surface area (Å²) in [4.78, 5) is 30.4. The predicted molar refractivity (Wildman–Crippen MR) is 83.0 cm³/mol. The molecule has 0 spiro atoms. The number of carbonyl (C=O) groups is 2. The molecule has 2 aromatic heterocycles. The fraction of sp³-hybridized carbons (Fsp3) is 0.133. The highest BCUT2D eigenvalue weighted by molar-refractivity contribution is 7.07.